The highest BCUT2D eigenvalue weighted by molar-refractivity contribution is 6.32. The summed E-state index contributed by atoms with van der Waals surface area (Å²) in [7, 11) is 1.58. The molecule has 1 aliphatic heterocycles. The maximum atomic E-state index is 9.70. The summed E-state index contributed by atoms with van der Waals surface area (Å²) in [6.07, 6.45) is 1.70. The molecule has 2 aromatic rings. The molecule has 0 saturated heterocycles. The molecule has 1 unspecified atom stereocenters. The fourth-order valence-corrected chi connectivity index (χ4v) is 4.01. The van der Waals surface area contributed by atoms with Gasteiger partial charge in [-0.2, -0.15) is 5.26 Å². The normalized spacial score (nSPS) is 18.6. The molecule has 1 atom stereocenters. The molecule has 0 amide bonds. The number of ether oxygens (including phenoxy) is 2. The molecule has 1 heterocycles. The number of benzene rings is 2. The lowest BCUT2D eigenvalue weighted by molar-refractivity contribution is 0.349. The molecule has 2 aliphatic rings. The van der Waals surface area contributed by atoms with Crippen molar-refractivity contribution in [2.24, 2.45) is 5.73 Å². The van der Waals surface area contributed by atoms with E-state index in [9.17, 15) is 5.26 Å². The Morgan fingerprint density at radius 3 is 2.77 bits per heavy atom. The third-order valence-corrected chi connectivity index (χ3v) is 5.26. The van der Waals surface area contributed by atoms with Gasteiger partial charge in [0.1, 0.15) is 23.2 Å². The molecule has 0 aromatic heterocycles. The first-order valence-corrected chi connectivity index (χ1v) is 8.74. The third-order valence-electron chi connectivity index (χ3n) is 4.96. The summed E-state index contributed by atoms with van der Waals surface area (Å²) in [5, 5.41) is 10.2. The number of nitrogens with two attached hydrogens (primary N) is 1. The van der Waals surface area contributed by atoms with Gasteiger partial charge in [-0.1, -0.05) is 41.9 Å². The Kier molecular flexibility index (Phi) is 4.10. The molecule has 0 fully saturated rings. The average Bonchev–Trinajstić information content (AvgIpc) is 2.66. The van der Waals surface area contributed by atoms with Crippen molar-refractivity contribution in [3.05, 3.63) is 81.2 Å². The van der Waals surface area contributed by atoms with Crippen LogP contribution in [0.1, 0.15) is 29.0 Å². The number of nitriles is 1. The number of hydrogen-bond acceptors (Lipinski definition) is 4. The number of allylic oxidation sites excluding steroid dienone is 2. The zero-order valence-corrected chi connectivity index (χ0v) is 15.0. The number of nitrogens with zero attached hydrogens (tertiary/aromatic N) is 1. The molecule has 0 saturated carbocycles. The Hall–Kier alpha value is -2.90. The van der Waals surface area contributed by atoms with Crippen molar-refractivity contribution in [2.75, 3.05) is 7.11 Å². The second-order valence-corrected chi connectivity index (χ2v) is 6.74. The first-order valence-electron chi connectivity index (χ1n) is 8.36. The molecule has 1 aliphatic carbocycles. The van der Waals surface area contributed by atoms with Gasteiger partial charge in [-0.05, 0) is 41.7 Å². The van der Waals surface area contributed by atoms with E-state index in [0.29, 0.717) is 16.3 Å². The van der Waals surface area contributed by atoms with Gasteiger partial charge in [-0.3, -0.25) is 0 Å². The van der Waals surface area contributed by atoms with Crippen LogP contribution >= 0.6 is 11.6 Å². The predicted octanol–water partition coefficient (Wildman–Crippen LogP) is 4.51. The van der Waals surface area contributed by atoms with Crippen LogP contribution in [0.3, 0.4) is 0 Å². The molecule has 130 valence electrons. The predicted molar refractivity (Wildman–Crippen MR) is 100 cm³/mol. The van der Waals surface area contributed by atoms with E-state index >= 15 is 0 Å². The Morgan fingerprint density at radius 2 is 2.04 bits per heavy atom. The Bertz CT molecular complexity index is 1000. The zero-order valence-electron chi connectivity index (χ0n) is 14.3. The van der Waals surface area contributed by atoms with E-state index in [2.05, 4.69) is 12.1 Å². The summed E-state index contributed by atoms with van der Waals surface area (Å²) in [6.45, 7) is 0. The zero-order chi connectivity index (χ0) is 18.3. The van der Waals surface area contributed by atoms with Gasteiger partial charge in [0.2, 0.25) is 5.88 Å². The lowest BCUT2D eigenvalue weighted by Gasteiger charge is -2.33. The largest absolute Gasteiger partial charge is 0.495 e. The topological polar surface area (TPSA) is 68.3 Å². The van der Waals surface area contributed by atoms with E-state index in [4.69, 9.17) is 26.8 Å². The monoisotopic (exact) mass is 364 g/mol. The lowest BCUT2D eigenvalue weighted by atomic mass is 9.76. The first-order chi connectivity index (χ1) is 12.6. The SMILES string of the molecule is COc1ccc(C2C(C#N)=C(N)OC3=C2CCc2ccccc23)cc1Cl. The number of rotatable bonds is 2. The van der Waals surface area contributed by atoms with Crippen molar-refractivity contribution in [3.8, 4) is 11.8 Å². The van der Waals surface area contributed by atoms with Gasteiger partial charge < -0.3 is 15.2 Å². The highest BCUT2D eigenvalue weighted by atomic mass is 35.5. The van der Waals surface area contributed by atoms with Crippen LogP contribution in [0.25, 0.3) is 5.76 Å². The minimum absolute atomic E-state index is 0.153. The summed E-state index contributed by atoms with van der Waals surface area (Å²) in [5.41, 5.74) is 10.8. The number of aryl methyl sites for hydroxylation is 1. The van der Waals surface area contributed by atoms with Gasteiger partial charge in [0.25, 0.3) is 0 Å². The maximum Gasteiger partial charge on any atom is 0.205 e. The maximum absolute atomic E-state index is 9.70. The molecule has 5 heteroatoms. The molecule has 4 rings (SSSR count). The Balaban J connectivity index is 1.90. The number of methoxy groups -OCH3 is 1. The summed E-state index contributed by atoms with van der Waals surface area (Å²) >= 11 is 6.33. The fourth-order valence-electron chi connectivity index (χ4n) is 3.74. The highest BCUT2D eigenvalue weighted by Crippen LogP contribution is 2.47. The molecule has 0 radical (unpaired) electrons. The summed E-state index contributed by atoms with van der Waals surface area (Å²) in [5.74, 6) is 1.25. The molecule has 0 spiro atoms. The summed E-state index contributed by atoms with van der Waals surface area (Å²) < 4.78 is 11.1. The van der Waals surface area contributed by atoms with Crippen molar-refractivity contribution >= 4 is 17.4 Å². The van der Waals surface area contributed by atoms with E-state index in [-0.39, 0.29) is 11.8 Å². The van der Waals surface area contributed by atoms with E-state index in [0.717, 1.165) is 35.3 Å². The minimum Gasteiger partial charge on any atom is -0.495 e. The van der Waals surface area contributed by atoms with Crippen LogP contribution in [0.5, 0.6) is 5.75 Å². The van der Waals surface area contributed by atoms with Gasteiger partial charge in [0, 0.05) is 11.5 Å². The van der Waals surface area contributed by atoms with E-state index in [1.165, 1.54) is 5.56 Å². The average molecular weight is 365 g/mol. The Morgan fingerprint density at radius 1 is 1.23 bits per heavy atom. The van der Waals surface area contributed by atoms with Crippen LogP contribution in [0.2, 0.25) is 5.02 Å². The quantitative estimate of drug-likeness (QED) is 0.851. The first kappa shape index (κ1) is 16.6. The number of fused-ring (bicyclic) bond motifs is 2. The Labute approximate surface area is 157 Å². The van der Waals surface area contributed by atoms with Crippen LogP contribution in [0.15, 0.2) is 59.5 Å². The van der Waals surface area contributed by atoms with Crippen molar-refractivity contribution < 1.29 is 9.47 Å². The van der Waals surface area contributed by atoms with Gasteiger partial charge in [0.05, 0.1) is 12.1 Å². The van der Waals surface area contributed by atoms with Crippen LogP contribution in [0.4, 0.5) is 0 Å². The molecule has 2 N–H and O–H groups in total. The van der Waals surface area contributed by atoms with E-state index in [1.807, 2.05) is 36.4 Å². The second kappa shape index (κ2) is 6.44. The summed E-state index contributed by atoms with van der Waals surface area (Å²) in [4.78, 5) is 0. The minimum atomic E-state index is -0.263. The van der Waals surface area contributed by atoms with Gasteiger partial charge in [0.15, 0.2) is 0 Å². The van der Waals surface area contributed by atoms with Crippen molar-refractivity contribution in [1.29, 1.82) is 5.26 Å². The van der Waals surface area contributed by atoms with Crippen molar-refractivity contribution in [2.45, 2.75) is 18.8 Å². The smallest absolute Gasteiger partial charge is 0.205 e. The lowest BCUT2D eigenvalue weighted by Crippen LogP contribution is -2.23. The molecule has 0 bridgehead atoms. The highest BCUT2D eigenvalue weighted by Gasteiger charge is 2.35. The molecule has 4 nitrogen and oxygen atoms in total. The number of hydrogen-bond donors (Lipinski definition) is 1. The molecule has 26 heavy (non-hydrogen) atoms. The van der Waals surface area contributed by atoms with E-state index in [1.54, 1.807) is 7.11 Å². The van der Waals surface area contributed by atoms with Crippen LogP contribution < -0.4 is 10.5 Å². The third kappa shape index (κ3) is 2.53. The van der Waals surface area contributed by atoms with Crippen molar-refractivity contribution in [1.82, 2.24) is 0 Å². The number of halogens is 1. The fraction of sp³-hybridized carbons (Fsp3) is 0.190. The summed E-state index contributed by atoms with van der Waals surface area (Å²) in [6, 6.07) is 15.9. The molecule has 2 aromatic carbocycles. The van der Waals surface area contributed by atoms with Gasteiger partial charge in [-0.25, -0.2) is 0 Å². The molecular weight excluding hydrogens is 348 g/mol. The van der Waals surface area contributed by atoms with Crippen LogP contribution in [-0.4, -0.2) is 7.11 Å². The van der Waals surface area contributed by atoms with Gasteiger partial charge >= 0.3 is 0 Å². The van der Waals surface area contributed by atoms with Crippen molar-refractivity contribution in [3.63, 3.8) is 0 Å². The van der Waals surface area contributed by atoms with Crippen LogP contribution in [0, 0.1) is 11.3 Å². The second-order valence-electron chi connectivity index (χ2n) is 6.33. The standard InChI is InChI=1S/C21H17ClN2O2/c1-25-18-9-7-13(10-17(18)22)19-15-8-6-12-4-2-3-5-14(12)20(15)26-21(24)16(19)11-23/h2-5,7,9-10,19H,6,8,24H2,1H3. The van der Waals surface area contributed by atoms with Gasteiger partial charge in [-0.15, -0.1) is 0 Å². The molecular formula is C21H17ClN2O2. The van der Waals surface area contributed by atoms with E-state index < -0.39 is 0 Å². The van der Waals surface area contributed by atoms with Crippen LogP contribution in [-0.2, 0) is 11.2 Å².